The molecule has 2 aromatic rings. The molecule has 1 aliphatic carbocycles. The van der Waals surface area contributed by atoms with Gasteiger partial charge in [-0.15, -0.1) is 12.4 Å². The van der Waals surface area contributed by atoms with E-state index in [-0.39, 0.29) is 23.9 Å². The number of H-pyrrole nitrogens is 1. The first-order valence-electron chi connectivity index (χ1n) is 8.73. The van der Waals surface area contributed by atoms with Crippen LogP contribution in [0.15, 0.2) is 30.6 Å². The second-order valence-electron chi connectivity index (χ2n) is 6.76. The number of hydrogen-bond donors (Lipinski definition) is 1. The maximum absolute atomic E-state index is 13.3. The van der Waals surface area contributed by atoms with Gasteiger partial charge in [-0.05, 0) is 37.1 Å². The molecule has 0 saturated heterocycles. The fourth-order valence-corrected chi connectivity index (χ4v) is 4.31. The number of nitrogens with zero attached hydrogens (tertiary/aromatic N) is 2. The molecule has 1 aromatic carbocycles. The summed E-state index contributed by atoms with van der Waals surface area (Å²) in [5, 5.41) is 0. The number of nitrogens with one attached hydrogen (secondary N) is 1. The summed E-state index contributed by atoms with van der Waals surface area (Å²) in [6, 6.07) is 7.42. The predicted octanol–water partition coefficient (Wildman–Crippen LogP) is 3.70. The van der Waals surface area contributed by atoms with Crippen molar-refractivity contribution in [3.05, 3.63) is 47.5 Å². The third-order valence-electron chi connectivity index (χ3n) is 5.52. The Bertz CT molecular complexity index is 735. The fraction of sp³-hybridized carbons (Fsp3) is 0.474. The molecule has 2 heterocycles. The van der Waals surface area contributed by atoms with Gasteiger partial charge in [-0.3, -0.25) is 4.79 Å². The minimum absolute atomic E-state index is 0. The van der Waals surface area contributed by atoms with Crippen LogP contribution in [0.2, 0.25) is 0 Å². The minimum Gasteiger partial charge on any atom is -0.497 e. The van der Waals surface area contributed by atoms with E-state index in [9.17, 15) is 4.79 Å². The van der Waals surface area contributed by atoms with Gasteiger partial charge in [0.1, 0.15) is 5.75 Å². The molecule has 0 bridgehead atoms. The highest BCUT2D eigenvalue weighted by Gasteiger charge is 2.47. The topological polar surface area (TPSA) is 58.2 Å². The van der Waals surface area contributed by atoms with Gasteiger partial charge in [0.25, 0.3) is 5.91 Å². The number of imidazole rings is 1. The Kier molecular flexibility index (Phi) is 5.04. The van der Waals surface area contributed by atoms with Crippen molar-refractivity contribution < 1.29 is 9.53 Å². The highest BCUT2D eigenvalue weighted by Crippen LogP contribution is 2.45. The molecular weight excluding hydrogens is 338 g/mol. The molecule has 1 aromatic heterocycles. The van der Waals surface area contributed by atoms with Crippen LogP contribution in [0.25, 0.3) is 0 Å². The highest BCUT2D eigenvalue weighted by molar-refractivity contribution is 5.95. The number of halogens is 1. The number of aromatic amines is 1. The Morgan fingerprint density at radius 1 is 1.20 bits per heavy atom. The van der Waals surface area contributed by atoms with Crippen LogP contribution in [-0.2, 0) is 12.0 Å². The van der Waals surface area contributed by atoms with E-state index in [2.05, 4.69) is 14.9 Å². The average molecular weight is 362 g/mol. The van der Waals surface area contributed by atoms with E-state index in [0.717, 1.165) is 55.7 Å². The Balaban J connectivity index is 0.00000182. The van der Waals surface area contributed by atoms with Crippen molar-refractivity contribution in [1.29, 1.82) is 0 Å². The summed E-state index contributed by atoms with van der Waals surface area (Å²) < 4.78 is 5.20. The molecule has 4 rings (SSSR count). The number of carbonyl (C=O) groups excluding carboxylic acids is 1. The molecule has 2 aliphatic rings. The monoisotopic (exact) mass is 361 g/mol. The van der Waals surface area contributed by atoms with E-state index in [0.29, 0.717) is 0 Å². The Morgan fingerprint density at radius 2 is 1.92 bits per heavy atom. The van der Waals surface area contributed by atoms with Crippen molar-refractivity contribution in [3.8, 4) is 5.75 Å². The Labute approximate surface area is 154 Å². The van der Waals surface area contributed by atoms with Crippen LogP contribution >= 0.6 is 12.4 Å². The number of methoxy groups -OCH3 is 1. The smallest absolute Gasteiger partial charge is 0.254 e. The summed E-state index contributed by atoms with van der Waals surface area (Å²) in [6.45, 7) is 0.750. The first-order valence-corrected chi connectivity index (χ1v) is 8.73. The molecule has 0 unspecified atom stereocenters. The zero-order chi connectivity index (χ0) is 16.6. The number of benzene rings is 1. The molecule has 1 fully saturated rings. The molecular formula is C19H24ClN3O2. The van der Waals surface area contributed by atoms with Gasteiger partial charge in [0.2, 0.25) is 0 Å². The third kappa shape index (κ3) is 2.91. The number of fused-ring (bicyclic) bond motifs is 2. The lowest BCUT2D eigenvalue weighted by Crippen LogP contribution is -2.54. The molecule has 0 radical (unpaired) electrons. The van der Waals surface area contributed by atoms with Crippen molar-refractivity contribution >= 4 is 18.3 Å². The summed E-state index contributed by atoms with van der Waals surface area (Å²) in [6.07, 6.45) is 8.18. The highest BCUT2D eigenvalue weighted by atomic mass is 35.5. The summed E-state index contributed by atoms with van der Waals surface area (Å²) in [5.41, 5.74) is 2.79. The van der Waals surface area contributed by atoms with Gasteiger partial charge >= 0.3 is 0 Å². The summed E-state index contributed by atoms with van der Waals surface area (Å²) >= 11 is 0. The number of amides is 1. The van der Waals surface area contributed by atoms with Crippen molar-refractivity contribution in [2.75, 3.05) is 13.7 Å². The van der Waals surface area contributed by atoms with E-state index in [1.165, 1.54) is 12.1 Å². The van der Waals surface area contributed by atoms with E-state index >= 15 is 0 Å². The van der Waals surface area contributed by atoms with Crippen LogP contribution in [0.3, 0.4) is 0 Å². The molecule has 0 atom stereocenters. The zero-order valence-electron chi connectivity index (χ0n) is 14.5. The van der Waals surface area contributed by atoms with Gasteiger partial charge in [-0.1, -0.05) is 19.3 Å². The quantitative estimate of drug-likeness (QED) is 0.887. The first-order chi connectivity index (χ1) is 11.7. The molecule has 5 nitrogen and oxygen atoms in total. The molecule has 1 amide bonds. The van der Waals surface area contributed by atoms with Gasteiger partial charge < -0.3 is 14.6 Å². The van der Waals surface area contributed by atoms with Gasteiger partial charge in [-0.2, -0.15) is 0 Å². The fourth-order valence-electron chi connectivity index (χ4n) is 4.31. The van der Waals surface area contributed by atoms with Crippen LogP contribution in [0, 0.1) is 0 Å². The molecule has 6 heteroatoms. The van der Waals surface area contributed by atoms with Gasteiger partial charge in [0.15, 0.2) is 0 Å². The van der Waals surface area contributed by atoms with Crippen LogP contribution in [0.5, 0.6) is 5.75 Å². The SMILES string of the molecule is COc1ccc(C(=O)N2CCc3[nH]cnc3C23CCCCC3)cc1.Cl. The molecule has 1 spiro atoms. The van der Waals surface area contributed by atoms with Crippen LogP contribution < -0.4 is 4.74 Å². The van der Waals surface area contributed by atoms with Crippen molar-refractivity contribution in [3.63, 3.8) is 0 Å². The summed E-state index contributed by atoms with van der Waals surface area (Å²) in [4.78, 5) is 23.2. The van der Waals surface area contributed by atoms with Crippen LogP contribution in [0.4, 0.5) is 0 Å². The van der Waals surface area contributed by atoms with Crippen LogP contribution in [0.1, 0.15) is 53.8 Å². The molecule has 1 aliphatic heterocycles. The molecule has 134 valence electrons. The number of rotatable bonds is 2. The zero-order valence-corrected chi connectivity index (χ0v) is 15.3. The van der Waals surface area contributed by atoms with Gasteiger partial charge in [0.05, 0.1) is 24.7 Å². The predicted molar refractivity (Wildman–Crippen MR) is 98.3 cm³/mol. The van der Waals surface area contributed by atoms with Crippen molar-refractivity contribution in [2.24, 2.45) is 0 Å². The van der Waals surface area contributed by atoms with E-state index < -0.39 is 0 Å². The lowest BCUT2D eigenvalue weighted by molar-refractivity contribution is 0.0247. The van der Waals surface area contributed by atoms with Crippen LogP contribution in [-0.4, -0.2) is 34.4 Å². The van der Waals surface area contributed by atoms with Crippen molar-refractivity contribution in [2.45, 2.75) is 44.1 Å². The lowest BCUT2D eigenvalue weighted by Gasteiger charge is -2.48. The molecule has 25 heavy (non-hydrogen) atoms. The molecule has 1 N–H and O–H groups in total. The number of ether oxygens (including phenoxy) is 1. The second-order valence-corrected chi connectivity index (χ2v) is 6.76. The number of hydrogen-bond acceptors (Lipinski definition) is 3. The molecule has 1 saturated carbocycles. The van der Waals surface area contributed by atoms with Gasteiger partial charge in [-0.25, -0.2) is 4.98 Å². The first kappa shape index (κ1) is 17.8. The number of carbonyl (C=O) groups is 1. The normalized spacial score (nSPS) is 18.4. The van der Waals surface area contributed by atoms with Crippen molar-refractivity contribution in [1.82, 2.24) is 14.9 Å². The minimum atomic E-state index is -0.233. The maximum atomic E-state index is 13.3. The second kappa shape index (κ2) is 7.08. The largest absolute Gasteiger partial charge is 0.497 e. The van der Waals surface area contributed by atoms with Gasteiger partial charge in [0, 0.05) is 24.2 Å². The summed E-state index contributed by atoms with van der Waals surface area (Å²) in [7, 11) is 1.64. The standard InChI is InChI=1S/C19H23N3O2.ClH/c1-24-15-7-5-14(6-8-15)18(23)22-12-9-16-17(21-13-20-16)19(22)10-3-2-4-11-19;/h5-8,13H,2-4,9-12H2,1H3,(H,20,21);1H. The van der Waals surface area contributed by atoms with E-state index in [1.54, 1.807) is 13.4 Å². The van der Waals surface area contributed by atoms with E-state index in [1.807, 2.05) is 24.3 Å². The lowest BCUT2D eigenvalue weighted by atomic mass is 9.74. The van der Waals surface area contributed by atoms with E-state index in [4.69, 9.17) is 4.74 Å². The average Bonchev–Trinajstić information content (AvgIpc) is 3.12. The Hall–Kier alpha value is -2.01. The summed E-state index contributed by atoms with van der Waals surface area (Å²) in [5.74, 6) is 0.875. The Morgan fingerprint density at radius 3 is 2.60 bits per heavy atom. The third-order valence-corrected chi connectivity index (χ3v) is 5.52. The number of aromatic nitrogens is 2. The maximum Gasteiger partial charge on any atom is 0.254 e.